The van der Waals surface area contributed by atoms with E-state index in [2.05, 4.69) is 20.8 Å². The molecular weight excluding hydrogens is 290 g/mol. The van der Waals surface area contributed by atoms with Crippen molar-refractivity contribution in [2.24, 2.45) is 23.5 Å². The highest BCUT2D eigenvalue weighted by molar-refractivity contribution is 5.78. The molecule has 2 heterocycles. The van der Waals surface area contributed by atoms with Crippen LogP contribution in [-0.2, 0) is 10.2 Å². The van der Waals surface area contributed by atoms with Gasteiger partial charge < -0.3 is 14.6 Å². The second-order valence-electron chi connectivity index (χ2n) is 7.26. The van der Waals surface area contributed by atoms with Gasteiger partial charge in [-0.3, -0.25) is 4.79 Å². The van der Waals surface area contributed by atoms with E-state index in [1.54, 1.807) is 12.5 Å². The fraction of sp³-hybridized carbons (Fsp3) is 0.526. The molecule has 0 aromatic carbocycles. The Morgan fingerprint density at radius 1 is 1.26 bits per heavy atom. The van der Waals surface area contributed by atoms with Gasteiger partial charge in [-0.1, -0.05) is 20.8 Å². The Bertz CT molecular complexity index is 644. The number of hydrogen-bond donors (Lipinski definition) is 1. The van der Waals surface area contributed by atoms with Crippen molar-refractivity contribution in [3.8, 4) is 0 Å². The SMILES string of the molecule is CC(C)C1CCC(C)(c2ccco2)C(c2ccco2)C1C(N)=O. The summed E-state index contributed by atoms with van der Waals surface area (Å²) in [5.74, 6) is 1.75. The van der Waals surface area contributed by atoms with Crippen molar-refractivity contribution in [2.75, 3.05) is 0 Å². The van der Waals surface area contributed by atoms with Gasteiger partial charge in [-0.05, 0) is 48.9 Å². The Balaban J connectivity index is 2.13. The lowest BCUT2D eigenvalue weighted by Crippen LogP contribution is -2.49. The van der Waals surface area contributed by atoms with Crippen molar-refractivity contribution in [1.82, 2.24) is 0 Å². The third-order valence-electron chi connectivity index (χ3n) is 5.62. The van der Waals surface area contributed by atoms with Gasteiger partial charge >= 0.3 is 0 Å². The highest BCUT2D eigenvalue weighted by Gasteiger charge is 2.53. The van der Waals surface area contributed by atoms with Crippen LogP contribution in [0.15, 0.2) is 45.6 Å². The minimum Gasteiger partial charge on any atom is -0.469 e. The third kappa shape index (κ3) is 2.60. The molecule has 4 heteroatoms. The first-order valence-corrected chi connectivity index (χ1v) is 8.32. The molecule has 2 N–H and O–H groups in total. The highest BCUT2D eigenvalue weighted by Crippen LogP contribution is 2.55. The summed E-state index contributed by atoms with van der Waals surface area (Å²) in [6.45, 7) is 6.48. The molecule has 0 aliphatic heterocycles. The Hall–Kier alpha value is -1.97. The second-order valence-corrected chi connectivity index (χ2v) is 7.26. The highest BCUT2D eigenvalue weighted by atomic mass is 16.3. The van der Waals surface area contributed by atoms with Crippen LogP contribution in [0.2, 0.25) is 0 Å². The molecule has 23 heavy (non-hydrogen) atoms. The summed E-state index contributed by atoms with van der Waals surface area (Å²) in [5.41, 5.74) is 5.56. The van der Waals surface area contributed by atoms with Gasteiger partial charge in [-0.15, -0.1) is 0 Å². The van der Waals surface area contributed by atoms with Gasteiger partial charge in [0.05, 0.1) is 18.4 Å². The monoisotopic (exact) mass is 315 g/mol. The molecule has 1 aliphatic rings. The van der Waals surface area contributed by atoms with E-state index in [4.69, 9.17) is 14.6 Å². The van der Waals surface area contributed by atoms with E-state index in [9.17, 15) is 4.79 Å². The Labute approximate surface area is 137 Å². The average Bonchev–Trinajstić information content (AvgIpc) is 3.20. The molecular formula is C19H25NO3. The Morgan fingerprint density at radius 3 is 2.48 bits per heavy atom. The zero-order valence-electron chi connectivity index (χ0n) is 14.0. The second kappa shape index (κ2) is 5.91. The molecule has 1 fully saturated rings. The zero-order chi connectivity index (χ0) is 16.6. The van der Waals surface area contributed by atoms with Crippen molar-refractivity contribution in [3.05, 3.63) is 48.3 Å². The molecule has 0 spiro atoms. The smallest absolute Gasteiger partial charge is 0.221 e. The molecule has 2 aromatic heterocycles. The summed E-state index contributed by atoms with van der Waals surface area (Å²) in [6.07, 6.45) is 5.25. The summed E-state index contributed by atoms with van der Waals surface area (Å²) in [4.78, 5) is 12.4. The number of nitrogens with two attached hydrogens (primary N) is 1. The molecule has 0 saturated heterocycles. The van der Waals surface area contributed by atoms with Crippen molar-refractivity contribution in [1.29, 1.82) is 0 Å². The van der Waals surface area contributed by atoms with E-state index in [-0.39, 0.29) is 29.1 Å². The van der Waals surface area contributed by atoms with Gasteiger partial charge in [-0.25, -0.2) is 0 Å². The molecule has 1 amide bonds. The average molecular weight is 315 g/mol. The molecule has 1 saturated carbocycles. The van der Waals surface area contributed by atoms with E-state index in [0.717, 1.165) is 24.4 Å². The summed E-state index contributed by atoms with van der Waals surface area (Å²) >= 11 is 0. The van der Waals surface area contributed by atoms with Crippen LogP contribution in [0, 0.1) is 17.8 Å². The molecule has 4 unspecified atom stereocenters. The van der Waals surface area contributed by atoms with Gasteiger partial charge in [0.15, 0.2) is 0 Å². The number of carbonyl (C=O) groups excluding carboxylic acids is 1. The summed E-state index contributed by atoms with van der Waals surface area (Å²) in [6, 6.07) is 7.71. The van der Waals surface area contributed by atoms with Crippen LogP contribution in [-0.4, -0.2) is 5.91 Å². The molecule has 1 aliphatic carbocycles. The quantitative estimate of drug-likeness (QED) is 0.924. The van der Waals surface area contributed by atoms with Crippen molar-refractivity contribution in [3.63, 3.8) is 0 Å². The van der Waals surface area contributed by atoms with E-state index in [1.165, 1.54) is 0 Å². The summed E-state index contributed by atoms with van der Waals surface area (Å²) in [7, 11) is 0. The van der Waals surface area contributed by atoms with Crippen LogP contribution >= 0.6 is 0 Å². The van der Waals surface area contributed by atoms with Gasteiger partial charge in [0.25, 0.3) is 0 Å². The molecule has 0 radical (unpaired) electrons. The number of primary amides is 1. The van der Waals surface area contributed by atoms with E-state index in [0.29, 0.717) is 5.92 Å². The predicted octanol–water partition coefficient (Wildman–Crippen LogP) is 4.08. The fourth-order valence-electron chi connectivity index (χ4n) is 4.41. The maximum absolute atomic E-state index is 12.4. The predicted molar refractivity (Wildman–Crippen MR) is 87.8 cm³/mol. The number of amides is 1. The standard InChI is InChI=1S/C19H25NO3/c1-12(2)13-8-9-19(3,15-7-5-11-23-15)17(16(13)18(20)21)14-6-4-10-22-14/h4-7,10-13,16-17H,8-9H2,1-3H3,(H2,20,21). The first-order chi connectivity index (χ1) is 10.9. The van der Waals surface area contributed by atoms with Gasteiger partial charge in [0, 0.05) is 11.3 Å². The lowest BCUT2D eigenvalue weighted by Gasteiger charge is -2.47. The number of rotatable bonds is 4. The lowest BCUT2D eigenvalue weighted by molar-refractivity contribution is -0.128. The maximum atomic E-state index is 12.4. The Morgan fingerprint density at radius 2 is 1.96 bits per heavy atom. The first kappa shape index (κ1) is 15.9. The number of furan rings is 2. The minimum absolute atomic E-state index is 0.109. The minimum atomic E-state index is -0.299. The molecule has 0 bridgehead atoms. The van der Waals surface area contributed by atoms with Gasteiger partial charge in [0.2, 0.25) is 5.91 Å². The van der Waals surface area contributed by atoms with Crippen LogP contribution in [0.3, 0.4) is 0 Å². The van der Waals surface area contributed by atoms with Crippen LogP contribution in [0.5, 0.6) is 0 Å². The maximum Gasteiger partial charge on any atom is 0.221 e. The molecule has 4 nitrogen and oxygen atoms in total. The molecule has 124 valence electrons. The Kier molecular flexibility index (Phi) is 4.09. The number of carbonyl (C=O) groups is 1. The van der Waals surface area contributed by atoms with E-state index < -0.39 is 0 Å². The fourth-order valence-corrected chi connectivity index (χ4v) is 4.41. The normalized spacial score (nSPS) is 31.4. The number of hydrogen-bond acceptors (Lipinski definition) is 3. The van der Waals surface area contributed by atoms with Crippen LogP contribution in [0.1, 0.15) is 51.1 Å². The summed E-state index contributed by atoms with van der Waals surface area (Å²) < 4.78 is 11.5. The molecule has 4 atom stereocenters. The third-order valence-corrected chi connectivity index (χ3v) is 5.62. The molecule has 2 aromatic rings. The van der Waals surface area contributed by atoms with Crippen molar-refractivity contribution in [2.45, 2.75) is 44.9 Å². The first-order valence-electron chi connectivity index (χ1n) is 8.32. The van der Waals surface area contributed by atoms with Crippen LogP contribution in [0.25, 0.3) is 0 Å². The van der Waals surface area contributed by atoms with Gasteiger partial charge in [-0.2, -0.15) is 0 Å². The topological polar surface area (TPSA) is 69.4 Å². The zero-order valence-corrected chi connectivity index (χ0v) is 14.0. The van der Waals surface area contributed by atoms with Crippen molar-refractivity contribution < 1.29 is 13.6 Å². The van der Waals surface area contributed by atoms with E-state index in [1.807, 2.05) is 24.3 Å². The summed E-state index contributed by atoms with van der Waals surface area (Å²) in [5, 5.41) is 0. The van der Waals surface area contributed by atoms with Gasteiger partial charge in [0.1, 0.15) is 11.5 Å². The van der Waals surface area contributed by atoms with Crippen LogP contribution in [0.4, 0.5) is 0 Å². The van der Waals surface area contributed by atoms with E-state index >= 15 is 0 Å². The van der Waals surface area contributed by atoms with Crippen LogP contribution < -0.4 is 5.73 Å². The largest absolute Gasteiger partial charge is 0.469 e. The van der Waals surface area contributed by atoms with Crippen molar-refractivity contribution >= 4 is 5.91 Å². The molecule has 3 rings (SSSR count). The lowest BCUT2D eigenvalue weighted by atomic mass is 9.55.